The van der Waals surface area contributed by atoms with E-state index in [1.165, 1.54) is 6.07 Å². The van der Waals surface area contributed by atoms with E-state index in [0.717, 1.165) is 12.1 Å². The van der Waals surface area contributed by atoms with E-state index in [4.69, 9.17) is 0 Å². The number of alkyl halides is 2. The second-order valence-electron chi connectivity index (χ2n) is 4.88. The Labute approximate surface area is 131 Å². The number of anilines is 1. The third kappa shape index (κ3) is 7.39. The van der Waals surface area contributed by atoms with Gasteiger partial charge in [0.15, 0.2) is 11.6 Å². The van der Waals surface area contributed by atoms with Gasteiger partial charge in [0.05, 0.1) is 0 Å². The molecule has 0 aliphatic carbocycles. The fraction of sp³-hybridized carbons (Fsp3) is 0.429. The molecular weight excluding hydrogens is 315 g/mol. The monoisotopic (exact) mass is 333 g/mol. The average Bonchev–Trinajstić information content (AvgIpc) is 2.40. The molecular formula is C14H18F3N3O3. The first-order valence-electron chi connectivity index (χ1n) is 6.86. The SMILES string of the molecule is CC(C)NC(=O)CCNC(=O)Nc1ccc(OC(F)F)c(F)c1. The van der Waals surface area contributed by atoms with Gasteiger partial charge < -0.3 is 20.7 Å². The number of ether oxygens (including phenoxy) is 1. The first-order valence-corrected chi connectivity index (χ1v) is 6.86. The topological polar surface area (TPSA) is 79.5 Å². The lowest BCUT2D eigenvalue weighted by Crippen LogP contribution is -2.35. The number of carbonyl (C=O) groups excluding carboxylic acids is 2. The van der Waals surface area contributed by atoms with Crippen LogP contribution in [0.4, 0.5) is 23.7 Å². The largest absolute Gasteiger partial charge is 0.432 e. The van der Waals surface area contributed by atoms with E-state index in [-0.39, 0.29) is 30.6 Å². The van der Waals surface area contributed by atoms with E-state index in [1.54, 1.807) is 0 Å². The molecule has 0 aliphatic rings. The van der Waals surface area contributed by atoms with Gasteiger partial charge in [0.25, 0.3) is 0 Å². The van der Waals surface area contributed by atoms with Gasteiger partial charge in [0.2, 0.25) is 5.91 Å². The van der Waals surface area contributed by atoms with Gasteiger partial charge >= 0.3 is 12.6 Å². The summed E-state index contributed by atoms with van der Waals surface area (Å²) in [6.45, 7) is 0.588. The minimum atomic E-state index is -3.14. The second-order valence-corrected chi connectivity index (χ2v) is 4.88. The highest BCUT2D eigenvalue weighted by Gasteiger charge is 2.11. The molecule has 23 heavy (non-hydrogen) atoms. The van der Waals surface area contributed by atoms with Gasteiger partial charge in [-0.3, -0.25) is 4.79 Å². The van der Waals surface area contributed by atoms with Crippen LogP contribution in [0.1, 0.15) is 20.3 Å². The summed E-state index contributed by atoms with van der Waals surface area (Å²) in [6, 6.07) is 2.40. The van der Waals surface area contributed by atoms with Crippen molar-refractivity contribution in [2.24, 2.45) is 0 Å². The fourth-order valence-electron chi connectivity index (χ4n) is 1.63. The Morgan fingerprint density at radius 1 is 1.26 bits per heavy atom. The molecule has 3 amide bonds. The highest BCUT2D eigenvalue weighted by atomic mass is 19.3. The van der Waals surface area contributed by atoms with E-state index < -0.39 is 24.2 Å². The van der Waals surface area contributed by atoms with Crippen LogP contribution in [0.15, 0.2) is 18.2 Å². The van der Waals surface area contributed by atoms with Crippen molar-refractivity contribution in [1.29, 1.82) is 0 Å². The fourth-order valence-corrected chi connectivity index (χ4v) is 1.63. The number of amides is 3. The van der Waals surface area contributed by atoms with Crippen molar-refractivity contribution in [3.05, 3.63) is 24.0 Å². The Balaban J connectivity index is 2.42. The quantitative estimate of drug-likeness (QED) is 0.717. The highest BCUT2D eigenvalue weighted by molar-refractivity contribution is 5.89. The third-order valence-corrected chi connectivity index (χ3v) is 2.49. The molecule has 0 atom stereocenters. The van der Waals surface area contributed by atoms with Crippen LogP contribution in [0, 0.1) is 5.82 Å². The van der Waals surface area contributed by atoms with Gasteiger partial charge in [0, 0.05) is 30.8 Å². The summed E-state index contributed by atoms with van der Waals surface area (Å²) in [7, 11) is 0. The van der Waals surface area contributed by atoms with E-state index in [9.17, 15) is 22.8 Å². The molecule has 1 rings (SSSR count). The number of benzene rings is 1. The molecule has 0 radical (unpaired) electrons. The van der Waals surface area contributed by atoms with Crippen molar-refractivity contribution in [2.45, 2.75) is 32.9 Å². The predicted molar refractivity (Wildman–Crippen MR) is 77.9 cm³/mol. The Morgan fingerprint density at radius 3 is 2.52 bits per heavy atom. The highest BCUT2D eigenvalue weighted by Crippen LogP contribution is 2.22. The van der Waals surface area contributed by atoms with Crippen LogP contribution in [0.25, 0.3) is 0 Å². The van der Waals surface area contributed by atoms with Crippen molar-refractivity contribution in [2.75, 3.05) is 11.9 Å². The standard InChI is InChI=1S/C14H18F3N3O3/c1-8(2)19-12(21)5-6-18-14(22)20-9-3-4-11(10(15)7-9)23-13(16)17/h3-4,7-8,13H,5-6H2,1-2H3,(H,19,21)(H2,18,20,22). The number of urea groups is 1. The molecule has 6 nitrogen and oxygen atoms in total. The van der Waals surface area contributed by atoms with Crippen molar-refractivity contribution in [3.8, 4) is 5.75 Å². The molecule has 0 aliphatic heterocycles. The molecule has 0 fully saturated rings. The Morgan fingerprint density at radius 2 is 1.96 bits per heavy atom. The zero-order valence-corrected chi connectivity index (χ0v) is 12.7. The predicted octanol–water partition coefficient (Wildman–Crippen LogP) is 2.46. The summed E-state index contributed by atoms with van der Waals surface area (Å²) >= 11 is 0. The zero-order valence-electron chi connectivity index (χ0n) is 12.7. The number of nitrogens with one attached hydrogen (secondary N) is 3. The number of hydrogen-bond donors (Lipinski definition) is 3. The lowest BCUT2D eigenvalue weighted by atomic mass is 10.3. The molecule has 0 saturated heterocycles. The number of rotatable bonds is 7. The summed E-state index contributed by atoms with van der Waals surface area (Å²) in [5, 5.41) is 7.39. The minimum Gasteiger partial charge on any atom is -0.432 e. The third-order valence-electron chi connectivity index (χ3n) is 2.49. The summed E-state index contributed by atoms with van der Waals surface area (Å²) in [5.74, 6) is -1.85. The molecule has 0 heterocycles. The summed E-state index contributed by atoms with van der Waals surface area (Å²) in [5.41, 5.74) is 0.0632. The van der Waals surface area contributed by atoms with Crippen molar-refractivity contribution >= 4 is 17.6 Å². The zero-order chi connectivity index (χ0) is 17.4. The van der Waals surface area contributed by atoms with Gasteiger partial charge in [-0.1, -0.05) is 0 Å². The average molecular weight is 333 g/mol. The van der Waals surface area contributed by atoms with Crippen LogP contribution in [0.2, 0.25) is 0 Å². The molecule has 0 saturated carbocycles. The lowest BCUT2D eigenvalue weighted by Gasteiger charge is -2.11. The van der Waals surface area contributed by atoms with Gasteiger partial charge in [0.1, 0.15) is 0 Å². The maximum absolute atomic E-state index is 13.5. The van der Waals surface area contributed by atoms with E-state index in [2.05, 4.69) is 20.7 Å². The molecule has 1 aromatic carbocycles. The van der Waals surface area contributed by atoms with Gasteiger partial charge in [-0.15, -0.1) is 0 Å². The van der Waals surface area contributed by atoms with Gasteiger partial charge in [-0.05, 0) is 26.0 Å². The smallest absolute Gasteiger partial charge is 0.387 e. The molecule has 3 N–H and O–H groups in total. The number of carbonyl (C=O) groups is 2. The summed E-state index contributed by atoms with van der Waals surface area (Å²) < 4.78 is 41.4. The Bertz CT molecular complexity index is 553. The van der Waals surface area contributed by atoms with Crippen LogP contribution in [-0.4, -0.2) is 31.1 Å². The summed E-state index contributed by atoms with van der Waals surface area (Å²) in [4.78, 5) is 22.9. The Kier molecular flexibility index (Phi) is 7.17. The molecule has 0 aromatic heterocycles. The van der Waals surface area contributed by atoms with Crippen LogP contribution in [0.3, 0.4) is 0 Å². The van der Waals surface area contributed by atoms with Crippen molar-refractivity contribution in [3.63, 3.8) is 0 Å². The molecule has 9 heteroatoms. The number of halogens is 3. The minimum absolute atomic E-state index is 0.00766. The lowest BCUT2D eigenvalue weighted by molar-refractivity contribution is -0.121. The Hall–Kier alpha value is -2.45. The van der Waals surface area contributed by atoms with Crippen LogP contribution in [0.5, 0.6) is 5.75 Å². The first-order chi connectivity index (χ1) is 10.8. The normalized spacial score (nSPS) is 10.6. The van der Waals surface area contributed by atoms with Gasteiger partial charge in [-0.2, -0.15) is 8.78 Å². The maximum Gasteiger partial charge on any atom is 0.387 e. The van der Waals surface area contributed by atoms with Gasteiger partial charge in [-0.25, -0.2) is 9.18 Å². The molecule has 128 valence electrons. The maximum atomic E-state index is 13.5. The van der Waals surface area contributed by atoms with E-state index >= 15 is 0 Å². The van der Waals surface area contributed by atoms with E-state index in [1.807, 2.05) is 13.8 Å². The van der Waals surface area contributed by atoms with Crippen LogP contribution in [-0.2, 0) is 4.79 Å². The summed E-state index contributed by atoms with van der Waals surface area (Å²) in [6.07, 6.45) is 0.0983. The molecule has 0 bridgehead atoms. The van der Waals surface area contributed by atoms with Crippen molar-refractivity contribution < 1.29 is 27.5 Å². The second kappa shape index (κ2) is 8.86. The van der Waals surface area contributed by atoms with Crippen molar-refractivity contribution in [1.82, 2.24) is 10.6 Å². The molecule has 1 aromatic rings. The molecule has 0 unspecified atom stereocenters. The first kappa shape index (κ1) is 18.6. The molecule has 0 spiro atoms. The van der Waals surface area contributed by atoms with E-state index in [0.29, 0.717) is 0 Å². The van der Waals surface area contributed by atoms with Crippen LogP contribution >= 0.6 is 0 Å². The number of hydrogen-bond acceptors (Lipinski definition) is 3. The van der Waals surface area contributed by atoms with Crippen LogP contribution < -0.4 is 20.7 Å².